The number of ether oxygens (including phenoxy) is 1. The minimum Gasteiger partial charge on any atom is -0.489 e. The van der Waals surface area contributed by atoms with Crippen molar-refractivity contribution in [1.82, 2.24) is 0 Å². The highest BCUT2D eigenvalue weighted by Gasteiger charge is 2.13. The van der Waals surface area contributed by atoms with Crippen LogP contribution in [0.15, 0.2) is 40.9 Å². The van der Waals surface area contributed by atoms with Gasteiger partial charge in [-0.25, -0.2) is 8.78 Å². The predicted molar refractivity (Wildman–Crippen MR) is 75.8 cm³/mol. The van der Waals surface area contributed by atoms with Crippen LogP contribution in [-0.4, -0.2) is 5.84 Å². The summed E-state index contributed by atoms with van der Waals surface area (Å²) in [6, 6.07) is 8.85. The van der Waals surface area contributed by atoms with Gasteiger partial charge >= 0.3 is 0 Å². The van der Waals surface area contributed by atoms with Crippen molar-refractivity contribution in [3.63, 3.8) is 0 Å². The van der Waals surface area contributed by atoms with E-state index in [2.05, 4.69) is 15.9 Å². The smallest absolute Gasteiger partial charge is 0.146 e. The van der Waals surface area contributed by atoms with E-state index >= 15 is 0 Å². The lowest BCUT2D eigenvalue weighted by molar-refractivity contribution is 0.292. The monoisotopic (exact) mass is 340 g/mol. The molecule has 3 N–H and O–H groups in total. The molecule has 0 radical (unpaired) electrons. The highest BCUT2D eigenvalue weighted by Crippen LogP contribution is 2.23. The van der Waals surface area contributed by atoms with E-state index in [1.54, 1.807) is 24.3 Å². The molecule has 2 rings (SSSR count). The van der Waals surface area contributed by atoms with Crippen LogP contribution in [0.3, 0.4) is 0 Å². The van der Waals surface area contributed by atoms with Gasteiger partial charge in [0.1, 0.15) is 29.8 Å². The Balaban J connectivity index is 2.13. The van der Waals surface area contributed by atoms with E-state index in [4.69, 9.17) is 15.9 Å². The lowest BCUT2D eigenvalue weighted by atomic mass is 10.2. The SMILES string of the molecule is N=C(N)c1ccc(OCc2c(F)ccc(Br)c2F)cc1. The molecule has 0 amide bonds. The third kappa shape index (κ3) is 3.14. The molecular formula is C14H11BrF2N2O. The Morgan fingerprint density at radius 3 is 2.40 bits per heavy atom. The molecule has 20 heavy (non-hydrogen) atoms. The van der Waals surface area contributed by atoms with Gasteiger partial charge in [0.25, 0.3) is 0 Å². The van der Waals surface area contributed by atoms with Crippen LogP contribution in [0.4, 0.5) is 8.78 Å². The second kappa shape index (κ2) is 6.00. The van der Waals surface area contributed by atoms with Crippen LogP contribution in [-0.2, 0) is 6.61 Å². The van der Waals surface area contributed by atoms with Gasteiger partial charge in [0.05, 0.1) is 10.0 Å². The first kappa shape index (κ1) is 14.5. The number of nitrogens with one attached hydrogen (secondary N) is 1. The molecule has 0 fully saturated rings. The average molecular weight is 341 g/mol. The Hall–Kier alpha value is -1.95. The summed E-state index contributed by atoms with van der Waals surface area (Å²) in [4.78, 5) is 0. The van der Waals surface area contributed by atoms with Gasteiger partial charge in [-0.15, -0.1) is 0 Å². The summed E-state index contributed by atoms with van der Waals surface area (Å²) in [7, 11) is 0. The van der Waals surface area contributed by atoms with Crippen LogP contribution < -0.4 is 10.5 Å². The number of hydrogen-bond acceptors (Lipinski definition) is 2. The fraction of sp³-hybridized carbons (Fsp3) is 0.0714. The third-order valence-electron chi connectivity index (χ3n) is 2.69. The molecule has 0 aliphatic heterocycles. The van der Waals surface area contributed by atoms with Crippen molar-refractivity contribution in [1.29, 1.82) is 5.41 Å². The van der Waals surface area contributed by atoms with Crippen molar-refractivity contribution in [3.8, 4) is 5.75 Å². The number of rotatable bonds is 4. The molecule has 2 aromatic carbocycles. The lowest BCUT2D eigenvalue weighted by Gasteiger charge is -2.09. The molecule has 0 saturated heterocycles. The van der Waals surface area contributed by atoms with Crippen molar-refractivity contribution in [2.45, 2.75) is 6.61 Å². The third-order valence-corrected chi connectivity index (χ3v) is 3.30. The minimum absolute atomic E-state index is 0.0550. The van der Waals surface area contributed by atoms with Crippen molar-refractivity contribution in [3.05, 3.63) is 63.6 Å². The summed E-state index contributed by atoms with van der Waals surface area (Å²) < 4.78 is 32.8. The van der Waals surface area contributed by atoms with Crippen molar-refractivity contribution >= 4 is 21.8 Å². The number of halogens is 3. The summed E-state index contributed by atoms with van der Waals surface area (Å²) in [5.74, 6) is -0.953. The Bertz CT molecular complexity index is 644. The normalized spacial score (nSPS) is 10.3. The van der Waals surface area contributed by atoms with E-state index in [-0.39, 0.29) is 22.5 Å². The molecule has 0 aliphatic carbocycles. The van der Waals surface area contributed by atoms with Crippen LogP contribution >= 0.6 is 15.9 Å². The standard InChI is InChI=1S/C14H11BrF2N2O/c15-11-5-6-12(16)10(13(11)17)7-20-9-3-1-8(2-4-9)14(18)19/h1-6H,7H2,(H3,18,19). The van der Waals surface area contributed by atoms with Gasteiger partial charge in [0.15, 0.2) is 0 Å². The maximum atomic E-state index is 13.7. The Morgan fingerprint density at radius 1 is 1.15 bits per heavy atom. The number of hydrogen-bond donors (Lipinski definition) is 2. The minimum atomic E-state index is -0.676. The zero-order valence-corrected chi connectivity index (χ0v) is 11.9. The van der Waals surface area contributed by atoms with Crippen molar-refractivity contribution in [2.24, 2.45) is 5.73 Å². The summed E-state index contributed by atoms with van der Waals surface area (Å²) >= 11 is 3.00. The second-order valence-electron chi connectivity index (χ2n) is 4.05. The summed E-state index contributed by atoms with van der Waals surface area (Å²) in [6.07, 6.45) is 0. The van der Waals surface area contributed by atoms with Crippen LogP contribution in [0.1, 0.15) is 11.1 Å². The molecule has 0 spiro atoms. The van der Waals surface area contributed by atoms with E-state index in [0.717, 1.165) is 0 Å². The number of nitrogen functional groups attached to an aromatic ring is 1. The van der Waals surface area contributed by atoms with Gasteiger partial charge in [-0.3, -0.25) is 5.41 Å². The van der Waals surface area contributed by atoms with Gasteiger partial charge in [0.2, 0.25) is 0 Å². The summed E-state index contributed by atoms with van der Waals surface area (Å²) in [5, 5.41) is 7.25. The van der Waals surface area contributed by atoms with E-state index < -0.39 is 11.6 Å². The second-order valence-corrected chi connectivity index (χ2v) is 4.90. The fourth-order valence-corrected chi connectivity index (χ4v) is 1.96. The van der Waals surface area contributed by atoms with Crippen molar-refractivity contribution in [2.75, 3.05) is 0 Å². The van der Waals surface area contributed by atoms with Gasteiger partial charge in [-0.2, -0.15) is 0 Å². The Morgan fingerprint density at radius 2 is 1.80 bits per heavy atom. The summed E-state index contributed by atoms with van der Waals surface area (Å²) in [5.41, 5.74) is 5.73. The molecule has 3 nitrogen and oxygen atoms in total. The van der Waals surface area contributed by atoms with Gasteiger partial charge in [-0.05, 0) is 52.3 Å². The summed E-state index contributed by atoms with van der Waals surface area (Å²) in [6.45, 7) is -0.226. The van der Waals surface area contributed by atoms with E-state index in [0.29, 0.717) is 11.3 Å². The molecule has 0 unspecified atom stereocenters. The largest absolute Gasteiger partial charge is 0.489 e. The molecule has 0 bridgehead atoms. The highest BCUT2D eigenvalue weighted by molar-refractivity contribution is 9.10. The van der Waals surface area contributed by atoms with E-state index in [9.17, 15) is 8.78 Å². The number of benzene rings is 2. The number of amidine groups is 1. The maximum Gasteiger partial charge on any atom is 0.146 e. The van der Waals surface area contributed by atoms with Crippen molar-refractivity contribution < 1.29 is 13.5 Å². The molecule has 0 atom stereocenters. The van der Waals surface area contributed by atoms with Gasteiger partial charge < -0.3 is 10.5 Å². The van der Waals surface area contributed by atoms with Crippen LogP contribution in [0.25, 0.3) is 0 Å². The first-order valence-electron chi connectivity index (χ1n) is 5.68. The zero-order valence-electron chi connectivity index (χ0n) is 10.3. The molecule has 0 aromatic heterocycles. The molecule has 0 aliphatic rings. The Labute approximate surface area is 123 Å². The predicted octanol–water partition coefficient (Wildman–Crippen LogP) is 3.59. The molecule has 0 heterocycles. The first-order valence-corrected chi connectivity index (χ1v) is 6.48. The average Bonchev–Trinajstić information content (AvgIpc) is 2.43. The first-order chi connectivity index (χ1) is 9.49. The zero-order chi connectivity index (χ0) is 14.7. The van der Waals surface area contributed by atoms with E-state index in [1.165, 1.54) is 12.1 Å². The van der Waals surface area contributed by atoms with Gasteiger partial charge in [-0.1, -0.05) is 0 Å². The quantitative estimate of drug-likeness (QED) is 0.507. The lowest BCUT2D eigenvalue weighted by Crippen LogP contribution is -2.10. The molecule has 2 aromatic rings. The molecule has 104 valence electrons. The Kier molecular flexibility index (Phi) is 4.34. The topological polar surface area (TPSA) is 59.1 Å². The van der Waals surface area contributed by atoms with Gasteiger partial charge in [0, 0.05) is 5.56 Å². The number of nitrogens with two attached hydrogens (primary N) is 1. The molecule has 6 heteroatoms. The van der Waals surface area contributed by atoms with Crippen LogP contribution in [0.2, 0.25) is 0 Å². The van der Waals surface area contributed by atoms with Crippen LogP contribution in [0, 0.1) is 17.0 Å². The fourth-order valence-electron chi connectivity index (χ4n) is 1.59. The molecule has 0 saturated carbocycles. The van der Waals surface area contributed by atoms with E-state index in [1.807, 2.05) is 0 Å². The highest BCUT2D eigenvalue weighted by atomic mass is 79.9. The maximum absolute atomic E-state index is 13.7. The molecular weight excluding hydrogens is 330 g/mol. The van der Waals surface area contributed by atoms with Crippen LogP contribution in [0.5, 0.6) is 5.75 Å².